The van der Waals surface area contributed by atoms with Gasteiger partial charge in [0.2, 0.25) is 0 Å². The molecule has 0 spiro atoms. The highest BCUT2D eigenvalue weighted by Gasteiger charge is 2.25. The molecule has 1 nitrogen and oxygen atoms in total. The zero-order valence-electron chi connectivity index (χ0n) is 13.6. The summed E-state index contributed by atoms with van der Waals surface area (Å²) in [6, 6.07) is 8.80. The number of ether oxygens (including phenoxy) is 1. The van der Waals surface area contributed by atoms with Crippen molar-refractivity contribution in [2.75, 3.05) is 11.9 Å². The van der Waals surface area contributed by atoms with Crippen molar-refractivity contribution < 1.29 is 4.74 Å². The summed E-state index contributed by atoms with van der Waals surface area (Å²) in [5.74, 6) is 3.47. The van der Waals surface area contributed by atoms with E-state index in [9.17, 15) is 0 Å². The number of halogens is 1. The zero-order valence-corrected chi connectivity index (χ0v) is 15.2. The van der Waals surface area contributed by atoms with Gasteiger partial charge in [-0.05, 0) is 61.5 Å². The highest BCUT2D eigenvalue weighted by atomic mass is 79.9. The third-order valence-electron chi connectivity index (χ3n) is 5.56. The fourth-order valence-electron chi connectivity index (χ4n) is 4.22. The molecule has 122 valence electrons. The van der Waals surface area contributed by atoms with Gasteiger partial charge in [0.1, 0.15) is 5.75 Å². The molecule has 1 aromatic carbocycles. The summed E-state index contributed by atoms with van der Waals surface area (Å²) in [7, 11) is 0. The van der Waals surface area contributed by atoms with Gasteiger partial charge < -0.3 is 4.74 Å². The molecule has 0 N–H and O–H groups in total. The molecule has 0 saturated heterocycles. The predicted octanol–water partition coefficient (Wildman–Crippen LogP) is 6.31. The molecular weight excluding hydrogens is 336 g/mol. The molecule has 22 heavy (non-hydrogen) atoms. The predicted molar refractivity (Wildman–Crippen MR) is 97.0 cm³/mol. The smallest absolute Gasteiger partial charge is 0.122 e. The van der Waals surface area contributed by atoms with Crippen LogP contribution in [0.3, 0.4) is 0 Å². The van der Waals surface area contributed by atoms with Gasteiger partial charge in [0, 0.05) is 5.33 Å². The van der Waals surface area contributed by atoms with Crippen LogP contribution < -0.4 is 4.74 Å². The Morgan fingerprint density at radius 2 is 1.68 bits per heavy atom. The Kier molecular flexibility index (Phi) is 6.23. The standard InChI is InChI=1S/C20H29BrO/c21-14-17-9-6-10-18(13-17)19-11-4-5-12-20(19)22-15-16-7-2-1-3-8-16/h4-5,11-12,16-18H,1-3,6-10,13-15H2. The minimum Gasteiger partial charge on any atom is -0.493 e. The van der Waals surface area contributed by atoms with Gasteiger partial charge in [-0.1, -0.05) is 59.8 Å². The first-order valence-electron chi connectivity index (χ1n) is 9.14. The SMILES string of the molecule is BrCC1CCCC(c2ccccc2OCC2CCCCC2)C1. The molecule has 2 saturated carbocycles. The minimum atomic E-state index is 0.693. The van der Waals surface area contributed by atoms with Crippen molar-refractivity contribution in [1.82, 2.24) is 0 Å². The number of alkyl halides is 1. The summed E-state index contributed by atoms with van der Waals surface area (Å²) in [5, 5.41) is 1.15. The molecule has 2 unspecified atom stereocenters. The van der Waals surface area contributed by atoms with E-state index in [1.807, 2.05) is 0 Å². The Morgan fingerprint density at radius 3 is 2.50 bits per heavy atom. The summed E-state index contributed by atoms with van der Waals surface area (Å²) < 4.78 is 6.29. The van der Waals surface area contributed by atoms with Gasteiger partial charge in [-0.15, -0.1) is 0 Å². The van der Waals surface area contributed by atoms with Crippen LogP contribution in [0.25, 0.3) is 0 Å². The second-order valence-corrected chi connectivity index (χ2v) is 7.88. The van der Waals surface area contributed by atoms with Crippen molar-refractivity contribution in [3.8, 4) is 5.75 Å². The van der Waals surface area contributed by atoms with Crippen molar-refractivity contribution in [3.63, 3.8) is 0 Å². The lowest BCUT2D eigenvalue weighted by molar-refractivity contribution is 0.205. The number of para-hydroxylation sites is 1. The van der Waals surface area contributed by atoms with Crippen molar-refractivity contribution in [1.29, 1.82) is 0 Å². The molecule has 0 aliphatic heterocycles. The second kappa shape index (κ2) is 8.38. The van der Waals surface area contributed by atoms with Gasteiger partial charge in [-0.3, -0.25) is 0 Å². The van der Waals surface area contributed by atoms with Crippen LogP contribution in [0.4, 0.5) is 0 Å². The van der Waals surface area contributed by atoms with Gasteiger partial charge in [-0.25, -0.2) is 0 Å². The van der Waals surface area contributed by atoms with Crippen LogP contribution in [-0.4, -0.2) is 11.9 Å². The first-order valence-corrected chi connectivity index (χ1v) is 10.3. The lowest BCUT2D eigenvalue weighted by Gasteiger charge is -2.30. The lowest BCUT2D eigenvalue weighted by atomic mass is 9.78. The van der Waals surface area contributed by atoms with Gasteiger partial charge in [0.15, 0.2) is 0 Å². The van der Waals surface area contributed by atoms with Gasteiger partial charge in [-0.2, -0.15) is 0 Å². The molecule has 2 aliphatic rings. The van der Waals surface area contributed by atoms with E-state index in [0.29, 0.717) is 5.92 Å². The molecule has 0 amide bonds. The lowest BCUT2D eigenvalue weighted by Crippen LogP contribution is -2.18. The average molecular weight is 365 g/mol. The Labute approximate surface area is 144 Å². The van der Waals surface area contributed by atoms with Crippen molar-refractivity contribution in [3.05, 3.63) is 29.8 Å². The van der Waals surface area contributed by atoms with Crippen molar-refractivity contribution in [2.24, 2.45) is 11.8 Å². The van der Waals surface area contributed by atoms with E-state index in [2.05, 4.69) is 40.2 Å². The minimum absolute atomic E-state index is 0.693. The Hall–Kier alpha value is -0.500. The summed E-state index contributed by atoms with van der Waals surface area (Å²) >= 11 is 3.68. The van der Waals surface area contributed by atoms with Crippen LogP contribution in [0, 0.1) is 11.8 Å². The fraction of sp³-hybridized carbons (Fsp3) is 0.700. The van der Waals surface area contributed by atoms with E-state index in [1.165, 1.54) is 63.4 Å². The van der Waals surface area contributed by atoms with Crippen LogP contribution >= 0.6 is 15.9 Å². The third kappa shape index (κ3) is 4.28. The van der Waals surface area contributed by atoms with Gasteiger partial charge in [0.25, 0.3) is 0 Å². The Bertz CT molecular complexity index is 453. The number of hydrogen-bond donors (Lipinski definition) is 0. The molecule has 2 heteroatoms. The van der Waals surface area contributed by atoms with E-state index >= 15 is 0 Å². The van der Waals surface area contributed by atoms with Gasteiger partial charge >= 0.3 is 0 Å². The summed E-state index contributed by atoms with van der Waals surface area (Å²) in [6.45, 7) is 0.922. The normalized spacial score (nSPS) is 26.8. The third-order valence-corrected chi connectivity index (χ3v) is 6.47. The van der Waals surface area contributed by atoms with Crippen LogP contribution in [-0.2, 0) is 0 Å². The largest absolute Gasteiger partial charge is 0.493 e. The molecule has 1 aromatic rings. The number of benzene rings is 1. The maximum atomic E-state index is 6.29. The van der Waals surface area contributed by atoms with Gasteiger partial charge in [0.05, 0.1) is 6.61 Å². The Morgan fingerprint density at radius 1 is 0.909 bits per heavy atom. The zero-order chi connectivity index (χ0) is 15.2. The highest BCUT2D eigenvalue weighted by molar-refractivity contribution is 9.09. The van der Waals surface area contributed by atoms with E-state index in [1.54, 1.807) is 0 Å². The molecule has 2 fully saturated rings. The fourth-order valence-corrected chi connectivity index (χ4v) is 4.81. The van der Waals surface area contributed by atoms with Crippen molar-refractivity contribution in [2.45, 2.75) is 63.7 Å². The molecular formula is C20H29BrO. The topological polar surface area (TPSA) is 9.23 Å². The molecule has 3 rings (SSSR count). The summed E-state index contributed by atoms with van der Waals surface area (Å²) in [6.07, 6.45) is 12.3. The first kappa shape index (κ1) is 16.4. The molecule has 0 aromatic heterocycles. The molecule has 2 aliphatic carbocycles. The maximum absolute atomic E-state index is 6.29. The van der Waals surface area contributed by atoms with E-state index in [0.717, 1.165) is 29.5 Å². The molecule has 0 radical (unpaired) electrons. The monoisotopic (exact) mass is 364 g/mol. The van der Waals surface area contributed by atoms with Crippen LogP contribution in [0.1, 0.15) is 69.3 Å². The molecule has 2 atom stereocenters. The van der Waals surface area contributed by atoms with E-state index in [-0.39, 0.29) is 0 Å². The summed E-state index contributed by atoms with van der Waals surface area (Å²) in [5.41, 5.74) is 1.46. The number of rotatable bonds is 5. The van der Waals surface area contributed by atoms with E-state index < -0.39 is 0 Å². The highest BCUT2D eigenvalue weighted by Crippen LogP contribution is 2.40. The van der Waals surface area contributed by atoms with E-state index in [4.69, 9.17) is 4.74 Å². The second-order valence-electron chi connectivity index (χ2n) is 7.24. The summed E-state index contributed by atoms with van der Waals surface area (Å²) in [4.78, 5) is 0. The van der Waals surface area contributed by atoms with Crippen LogP contribution in [0.5, 0.6) is 5.75 Å². The average Bonchev–Trinajstić information content (AvgIpc) is 2.61. The maximum Gasteiger partial charge on any atom is 0.122 e. The van der Waals surface area contributed by atoms with Crippen LogP contribution in [0.2, 0.25) is 0 Å². The molecule has 0 bridgehead atoms. The quantitative estimate of drug-likeness (QED) is 0.555. The molecule has 0 heterocycles. The Balaban J connectivity index is 1.64. The number of hydrogen-bond acceptors (Lipinski definition) is 1. The van der Waals surface area contributed by atoms with Crippen LogP contribution in [0.15, 0.2) is 24.3 Å². The first-order chi connectivity index (χ1) is 10.9. The van der Waals surface area contributed by atoms with Crippen molar-refractivity contribution >= 4 is 15.9 Å².